The first-order valence-electron chi connectivity index (χ1n) is 5.18. The Morgan fingerprint density at radius 3 is 2.79 bits per heavy atom. The van der Waals surface area contributed by atoms with Gasteiger partial charge in [0.2, 0.25) is 5.91 Å². The summed E-state index contributed by atoms with van der Waals surface area (Å²) in [5.41, 5.74) is 0. The number of amides is 1. The highest BCUT2D eigenvalue weighted by molar-refractivity contribution is 5.81. The third kappa shape index (κ3) is 2.96. The Morgan fingerprint density at radius 2 is 2.36 bits per heavy atom. The lowest BCUT2D eigenvalue weighted by molar-refractivity contribution is -0.131. The van der Waals surface area contributed by atoms with Gasteiger partial charge in [0.25, 0.3) is 0 Å². The SMILES string of the molecule is CC(C)C(CO)NC(=O)[C@H]1CCCO1. The van der Waals surface area contributed by atoms with Gasteiger partial charge in [-0.05, 0) is 18.8 Å². The van der Waals surface area contributed by atoms with Gasteiger partial charge in [-0.1, -0.05) is 13.8 Å². The van der Waals surface area contributed by atoms with E-state index < -0.39 is 0 Å². The molecule has 1 unspecified atom stereocenters. The minimum Gasteiger partial charge on any atom is -0.394 e. The number of aliphatic hydroxyl groups excluding tert-OH is 1. The molecule has 0 spiro atoms. The molecule has 0 aromatic heterocycles. The smallest absolute Gasteiger partial charge is 0.249 e. The van der Waals surface area contributed by atoms with Crippen LogP contribution < -0.4 is 5.32 Å². The van der Waals surface area contributed by atoms with Crippen molar-refractivity contribution in [1.82, 2.24) is 5.32 Å². The van der Waals surface area contributed by atoms with Crippen molar-refractivity contribution < 1.29 is 14.6 Å². The van der Waals surface area contributed by atoms with Crippen LogP contribution in [0.4, 0.5) is 0 Å². The monoisotopic (exact) mass is 201 g/mol. The van der Waals surface area contributed by atoms with E-state index in [4.69, 9.17) is 9.84 Å². The molecule has 14 heavy (non-hydrogen) atoms. The van der Waals surface area contributed by atoms with Crippen LogP contribution in [0.2, 0.25) is 0 Å². The topological polar surface area (TPSA) is 58.6 Å². The van der Waals surface area contributed by atoms with E-state index in [-0.39, 0.29) is 30.6 Å². The quantitative estimate of drug-likeness (QED) is 0.687. The van der Waals surface area contributed by atoms with E-state index in [1.807, 2.05) is 13.8 Å². The van der Waals surface area contributed by atoms with Crippen molar-refractivity contribution in [1.29, 1.82) is 0 Å². The van der Waals surface area contributed by atoms with Gasteiger partial charge in [-0.15, -0.1) is 0 Å². The molecule has 1 saturated heterocycles. The van der Waals surface area contributed by atoms with Crippen molar-refractivity contribution in [3.8, 4) is 0 Å². The fourth-order valence-electron chi connectivity index (χ4n) is 1.48. The van der Waals surface area contributed by atoms with Crippen molar-refractivity contribution in [2.45, 2.75) is 38.8 Å². The molecule has 82 valence electrons. The molecule has 0 aromatic rings. The molecule has 0 aromatic carbocycles. The van der Waals surface area contributed by atoms with Gasteiger partial charge >= 0.3 is 0 Å². The molecule has 4 nitrogen and oxygen atoms in total. The van der Waals surface area contributed by atoms with Gasteiger partial charge in [-0.3, -0.25) is 4.79 Å². The van der Waals surface area contributed by atoms with E-state index >= 15 is 0 Å². The Hall–Kier alpha value is -0.610. The number of hydrogen-bond donors (Lipinski definition) is 2. The van der Waals surface area contributed by atoms with Gasteiger partial charge in [0, 0.05) is 6.61 Å². The van der Waals surface area contributed by atoms with Gasteiger partial charge in [0.15, 0.2) is 0 Å². The summed E-state index contributed by atoms with van der Waals surface area (Å²) in [7, 11) is 0. The molecule has 1 aliphatic rings. The number of rotatable bonds is 4. The average molecular weight is 201 g/mol. The van der Waals surface area contributed by atoms with E-state index in [1.165, 1.54) is 0 Å². The highest BCUT2D eigenvalue weighted by Gasteiger charge is 2.26. The molecular formula is C10H19NO3. The number of nitrogens with one attached hydrogen (secondary N) is 1. The molecule has 1 amide bonds. The van der Waals surface area contributed by atoms with E-state index in [1.54, 1.807) is 0 Å². The lowest BCUT2D eigenvalue weighted by Crippen LogP contribution is -2.45. The maximum atomic E-state index is 11.6. The minimum atomic E-state index is -0.303. The third-order valence-electron chi connectivity index (χ3n) is 2.55. The van der Waals surface area contributed by atoms with E-state index in [2.05, 4.69) is 5.32 Å². The highest BCUT2D eigenvalue weighted by Crippen LogP contribution is 2.12. The van der Waals surface area contributed by atoms with Gasteiger partial charge < -0.3 is 15.2 Å². The predicted molar refractivity (Wildman–Crippen MR) is 52.8 cm³/mol. The summed E-state index contributed by atoms with van der Waals surface area (Å²) < 4.78 is 5.25. The fraction of sp³-hybridized carbons (Fsp3) is 0.900. The van der Waals surface area contributed by atoms with E-state index in [0.29, 0.717) is 6.61 Å². The van der Waals surface area contributed by atoms with Crippen LogP contribution in [0, 0.1) is 5.92 Å². The Bertz CT molecular complexity index is 188. The second kappa shape index (κ2) is 5.32. The minimum absolute atomic E-state index is 0.0177. The molecule has 2 atom stereocenters. The lowest BCUT2D eigenvalue weighted by Gasteiger charge is -2.21. The Morgan fingerprint density at radius 1 is 1.64 bits per heavy atom. The Kier molecular flexibility index (Phi) is 4.35. The summed E-state index contributed by atoms with van der Waals surface area (Å²) in [4.78, 5) is 11.6. The molecule has 0 bridgehead atoms. The standard InChI is InChI=1S/C10H19NO3/c1-7(2)8(6-12)11-10(13)9-4-3-5-14-9/h7-9,12H,3-6H2,1-2H3,(H,11,13)/t8?,9-/m1/s1. The normalized spacial score (nSPS) is 23.9. The maximum Gasteiger partial charge on any atom is 0.249 e. The van der Waals surface area contributed by atoms with Crippen LogP contribution >= 0.6 is 0 Å². The molecule has 1 fully saturated rings. The molecule has 0 saturated carbocycles. The van der Waals surface area contributed by atoms with Crippen LogP contribution in [0.1, 0.15) is 26.7 Å². The van der Waals surface area contributed by atoms with Crippen molar-refractivity contribution in [2.75, 3.05) is 13.2 Å². The van der Waals surface area contributed by atoms with Gasteiger partial charge in [0.05, 0.1) is 12.6 Å². The van der Waals surface area contributed by atoms with Gasteiger partial charge in [-0.25, -0.2) is 0 Å². The third-order valence-corrected chi connectivity index (χ3v) is 2.55. The highest BCUT2D eigenvalue weighted by atomic mass is 16.5. The van der Waals surface area contributed by atoms with Crippen molar-refractivity contribution in [3.63, 3.8) is 0 Å². The zero-order chi connectivity index (χ0) is 10.6. The number of ether oxygens (including phenoxy) is 1. The largest absolute Gasteiger partial charge is 0.394 e. The van der Waals surface area contributed by atoms with Gasteiger partial charge in [-0.2, -0.15) is 0 Å². The van der Waals surface area contributed by atoms with E-state index in [0.717, 1.165) is 12.8 Å². The van der Waals surface area contributed by atoms with Crippen molar-refractivity contribution >= 4 is 5.91 Å². The fourth-order valence-corrected chi connectivity index (χ4v) is 1.48. The molecule has 1 rings (SSSR count). The number of carbonyl (C=O) groups excluding carboxylic acids is 1. The predicted octanol–water partition coefficient (Wildman–Crippen LogP) is 0.298. The summed E-state index contributed by atoms with van der Waals surface area (Å²) in [6, 6.07) is -0.160. The first kappa shape index (κ1) is 11.5. The summed E-state index contributed by atoms with van der Waals surface area (Å²) >= 11 is 0. The summed E-state index contributed by atoms with van der Waals surface area (Å²) in [6.07, 6.45) is 1.44. The molecule has 1 aliphatic heterocycles. The van der Waals surface area contributed by atoms with Gasteiger partial charge in [0.1, 0.15) is 6.10 Å². The van der Waals surface area contributed by atoms with Crippen LogP contribution in [0.3, 0.4) is 0 Å². The Labute approximate surface area is 84.6 Å². The van der Waals surface area contributed by atoms with Crippen LogP contribution in [-0.2, 0) is 9.53 Å². The molecule has 4 heteroatoms. The zero-order valence-corrected chi connectivity index (χ0v) is 8.82. The molecule has 0 aliphatic carbocycles. The number of aliphatic hydroxyl groups is 1. The number of hydrogen-bond acceptors (Lipinski definition) is 3. The Balaban J connectivity index is 2.37. The molecule has 1 heterocycles. The average Bonchev–Trinajstić information content (AvgIpc) is 2.65. The van der Waals surface area contributed by atoms with Crippen molar-refractivity contribution in [3.05, 3.63) is 0 Å². The van der Waals surface area contributed by atoms with E-state index in [9.17, 15) is 4.79 Å². The maximum absolute atomic E-state index is 11.6. The lowest BCUT2D eigenvalue weighted by atomic mass is 10.0. The molecule has 0 radical (unpaired) electrons. The van der Waals surface area contributed by atoms with Crippen LogP contribution in [0.5, 0.6) is 0 Å². The molecule has 2 N–H and O–H groups in total. The van der Waals surface area contributed by atoms with Crippen LogP contribution in [-0.4, -0.2) is 36.4 Å². The first-order chi connectivity index (χ1) is 6.65. The summed E-state index contributed by atoms with van der Waals surface area (Å²) in [6.45, 7) is 4.59. The summed E-state index contributed by atoms with van der Waals surface area (Å²) in [5, 5.41) is 11.8. The summed E-state index contributed by atoms with van der Waals surface area (Å²) in [5.74, 6) is 0.153. The first-order valence-corrected chi connectivity index (χ1v) is 5.18. The zero-order valence-electron chi connectivity index (χ0n) is 8.82. The second-order valence-corrected chi connectivity index (χ2v) is 4.04. The second-order valence-electron chi connectivity index (χ2n) is 4.04. The van der Waals surface area contributed by atoms with Crippen LogP contribution in [0.25, 0.3) is 0 Å². The van der Waals surface area contributed by atoms with Crippen molar-refractivity contribution in [2.24, 2.45) is 5.92 Å². The number of carbonyl (C=O) groups is 1. The van der Waals surface area contributed by atoms with Crippen LogP contribution in [0.15, 0.2) is 0 Å². The molecular weight excluding hydrogens is 182 g/mol.